The van der Waals surface area contributed by atoms with Crippen molar-refractivity contribution >= 4 is 41.4 Å². The van der Waals surface area contributed by atoms with E-state index in [4.69, 9.17) is 22.3 Å². The highest BCUT2D eigenvalue weighted by Gasteiger charge is 2.33. The maximum atomic E-state index is 13.2. The van der Waals surface area contributed by atoms with Crippen molar-refractivity contribution in [1.82, 2.24) is 21.3 Å². The molecule has 0 unspecified atom stereocenters. The molecule has 226 valence electrons. The third-order valence-corrected chi connectivity index (χ3v) is 5.56. The number of hydrogen-bond acceptors (Lipinski definition) is 10. The zero-order chi connectivity index (χ0) is 31.3. The quantitative estimate of drug-likeness (QED) is 0.0835. The first kappa shape index (κ1) is 34.3. The Labute approximate surface area is 234 Å². The van der Waals surface area contributed by atoms with Gasteiger partial charge in [-0.3, -0.25) is 33.6 Å². The van der Waals surface area contributed by atoms with Gasteiger partial charge >= 0.3 is 5.97 Å². The minimum absolute atomic E-state index is 0.0643. The normalized spacial score (nSPS) is 14.3. The van der Waals surface area contributed by atoms with Crippen LogP contribution in [-0.4, -0.2) is 93.5 Å². The minimum atomic E-state index is -1.68. The highest BCUT2D eigenvalue weighted by molar-refractivity contribution is 5.97. The number of phenolic OH excluding ortho intramolecular Hbond substituents is 1. The summed E-state index contributed by atoms with van der Waals surface area (Å²) in [5.41, 5.74) is 16.6. The molecule has 5 atom stereocenters. The summed E-state index contributed by atoms with van der Waals surface area (Å²) in [6.45, 7) is 0.331. The van der Waals surface area contributed by atoms with E-state index in [0.29, 0.717) is 5.56 Å². The maximum Gasteiger partial charge on any atom is 0.322 e. The van der Waals surface area contributed by atoms with Crippen LogP contribution in [-0.2, 0) is 40.0 Å². The van der Waals surface area contributed by atoms with Crippen LogP contribution in [0.3, 0.4) is 0 Å². The van der Waals surface area contributed by atoms with Crippen molar-refractivity contribution in [2.24, 2.45) is 17.2 Å². The van der Waals surface area contributed by atoms with Crippen molar-refractivity contribution in [3.8, 4) is 5.75 Å². The molecule has 6 amide bonds. The zero-order valence-electron chi connectivity index (χ0n) is 22.2. The van der Waals surface area contributed by atoms with Crippen LogP contribution in [0.1, 0.15) is 31.7 Å². The van der Waals surface area contributed by atoms with E-state index < -0.39 is 84.6 Å². The molecule has 0 aliphatic heterocycles. The first-order valence-corrected chi connectivity index (χ1v) is 12.3. The molecule has 0 bridgehead atoms. The van der Waals surface area contributed by atoms with Gasteiger partial charge in [0.25, 0.3) is 0 Å². The third kappa shape index (κ3) is 12.8. The molecule has 0 aliphatic carbocycles. The number of carboxylic acid groups (broad SMARTS) is 1. The van der Waals surface area contributed by atoms with Crippen LogP contribution in [0.25, 0.3) is 0 Å². The van der Waals surface area contributed by atoms with E-state index in [1.165, 1.54) is 24.3 Å². The predicted molar refractivity (Wildman–Crippen MR) is 140 cm³/mol. The molecule has 0 heterocycles. The summed E-state index contributed by atoms with van der Waals surface area (Å²) in [4.78, 5) is 84.5. The number of carboxylic acids is 1. The average molecular weight is 582 g/mol. The van der Waals surface area contributed by atoms with Crippen LogP contribution in [0.5, 0.6) is 5.75 Å². The molecule has 1 aromatic carbocycles. The molecular weight excluding hydrogens is 546 g/mol. The Kier molecular flexibility index (Phi) is 13.7. The summed E-state index contributed by atoms with van der Waals surface area (Å²) < 4.78 is 0. The predicted octanol–water partition coefficient (Wildman–Crippen LogP) is -4.56. The van der Waals surface area contributed by atoms with Crippen LogP contribution >= 0.6 is 0 Å². The summed E-state index contributed by atoms with van der Waals surface area (Å²) in [6.07, 6.45) is -2.75. The number of aliphatic hydroxyl groups is 1. The van der Waals surface area contributed by atoms with Crippen molar-refractivity contribution in [3.05, 3.63) is 29.8 Å². The number of aliphatic carboxylic acids is 1. The Bertz CT molecular complexity index is 1130. The molecular formula is C24H35N7O10. The van der Waals surface area contributed by atoms with Crippen molar-refractivity contribution in [2.75, 3.05) is 6.54 Å². The fraction of sp³-hybridized carbons (Fsp3) is 0.458. The van der Waals surface area contributed by atoms with E-state index in [1.807, 2.05) is 5.32 Å². The van der Waals surface area contributed by atoms with Crippen LogP contribution < -0.4 is 38.5 Å². The van der Waals surface area contributed by atoms with Gasteiger partial charge in [-0.2, -0.15) is 0 Å². The molecule has 1 rings (SSSR count). The SMILES string of the molecule is C[C@@H](O)[C@H](NC(=O)[C@H](CC(N)=O)NC(=O)[C@H](Cc1ccc(O)cc1)NC(=O)[C@@H](N)CCC(N)=O)C(=O)NCC(=O)O. The first-order chi connectivity index (χ1) is 19.1. The zero-order valence-corrected chi connectivity index (χ0v) is 22.2. The molecule has 0 radical (unpaired) electrons. The van der Waals surface area contributed by atoms with Crippen molar-refractivity contribution in [1.29, 1.82) is 0 Å². The van der Waals surface area contributed by atoms with E-state index in [-0.39, 0.29) is 25.0 Å². The lowest BCUT2D eigenvalue weighted by Crippen LogP contribution is -2.60. The van der Waals surface area contributed by atoms with Gasteiger partial charge in [0, 0.05) is 12.8 Å². The number of carbonyl (C=O) groups is 7. The number of aromatic hydroxyl groups is 1. The number of benzene rings is 1. The maximum absolute atomic E-state index is 13.2. The first-order valence-electron chi connectivity index (χ1n) is 12.3. The number of aliphatic hydroxyl groups excluding tert-OH is 1. The summed E-state index contributed by atoms with van der Waals surface area (Å²) in [5, 5.41) is 37.0. The third-order valence-electron chi connectivity index (χ3n) is 5.56. The van der Waals surface area contributed by atoms with Gasteiger partial charge < -0.3 is 53.8 Å². The molecule has 0 aromatic heterocycles. The lowest BCUT2D eigenvalue weighted by atomic mass is 10.0. The molecule has 1 aromatic rings. The van der Waals surface area contributed by atoms with Crippen LogP contribution in [0.4, 0.5) is 0 Å². The van der Waals surface area contributed by atoms with E-state index in [0.717, 1.165) is 6.92 Å². The lowest BCUT2D eigenvalue weighted by Gasteiger charge is -2.26. The summed E-state index contributed by atoms with van der Waals surface area (Å²) in [7, 11) is 0. The highest BCUT2D eigenvalue weighted by atomic mass is 16.4. The fourth-order valence-corrected chi connectivity index (χ4v) is 3.40. The number of rotatable bonds is 17. The largest absolute Gasteiger partial charge is 0.508 e. The number of carbonyl (C=O) groups excluding carboxylic acids is 6. The Hall–Kier alpha value is -4.77. The highest BCUT2D eigenvalue weighted by Crippen LogP contribution is 2.12. The van der Waals surface area contributed by atoms with Gasteiger partial charge in [0.15, 0.2) is 0 Å². The van der Waals surface area contributed by atoms with Gasteiger partial charge in [-0.1, -0.05) is 12.1 Å². The van der Waals surface area contributed by atoms with E-state index >= 15 is 0 Å². The average Bonchev–Trinajstić information content (AvgIpc) is 2.88. The smallest absolute Gasteiger partial charge is 0.322 e. The molecule has 0 saturated heterocycles. The fourth-order valence-electron chi connectivity index (χ4n) is 3.40. The lowest BCUT2D eigenvalue weighted by molar-refractivity contribution is -0.139. The van der Waals surface area contributed by atoms with E-state index in [2.05, 4.69) is 16.0 Å². The minimum Gasteiger partial charge on any atom is -0.508 e. The van der Waals surface area contributed by atoms with Crippen molar-refractivity contribution in [2.45, 2.75) is 62.9 Å². The Morgan fingerprint density at radius 2 is 1.39 bits per heavy atom. The summed E-state index contributed by atoms with van der Waals surface area (Å²) in [6, 6.07) is -0.364. The summed E-state index contributed by atoms with van der Waals surface area (Å²) >= 11 is 0. The monoisotopic (exact) mass is 581 g/mol. The number of nitrogens with one attached hydrogen (secondary N) is 4. The molecule has 0 spiro atoms. The molecule has 41 heavy (non-hydrogen) atoms. The Balaban J connectivity index is 3.17. The van der Waals surface area contributed by atoms with Gasteiger partial charge in [-0.15, -0.1) is 0 Å². The van der Waals surface area contributed by atoms with Gasteiger partial charge in [-0.05, 0) is 31.0 Å². The second-order valence-electron chi connectivity index (χ2n) is 9.11. The molecule has 0 aliphatic rings. The molecule has 17 heteroatoms. The molecule has 0 fully saturated rings. The van der Waals surface area contributed by atoms with Crippen LogP contribution in [0.2, 0.25) is 0 Å². The second-order valence-corrected chi connectivity index (χ2v) is 9.11. The van der Waals surface area contributed by atoms with E-state index in [9.17, 15) is 43.8 Å². The number of nitrogens with two attached hydrogens (primary N) is 3. The second kappa shape index (κ2) is 16.4. The Morgan fingerprint density at radius 3 is 1.90 bits per heavy atom. The number of hydrogen-bond donors (Lipinski definition) is 10. The Morgan fingerprint density at radius 1 is 0.829 bits per heavy atom. The molecule has 13 N–H and O–H groups in total. The van der Waals surface area contributed by atoms with Gasteiger partial charge in [0.2, 0.25) is 35.4 Å². The van der Waals surface area contributed by atoms with Crippen LogP contribution in [0, 0.1) is 0 Å². The molecule has 17 nitrogen and oxygen atoms in total. The summed E-state index contributed by atoms with van der Waals surface area (Å²) in [5.74, 6) is -7.15. The molecule has 0 saturated carbocycles. The van der Waals surface area contributed by atoms with E-state index in [1.54, 1.807) is 0 Å². The topological polar surface area (TPSA) is 306 Å². The van der Waals surface area contributed by atoms with Crippen molar-refractivity contribution in [3.63, 3.8) is 0 Å². The number of primary amides is 2. The van der Waals surface area contributed by atoms with Gasteiger partial charge in [0.1, 0.15) is 30.4 Å². The van der Waals surface area contributed by atoms with Crippen molar-refractivity contribution < 1.29 is 48.9 Å². The van der Waals surface area contributed by atoms with Crippen LogP contribution in [0.15, 0.2) is 24.3 Å². The van der Waals surface area contributed by atoms with Gasteiger partial charge in [0.05, 0.1) is 18.6 Å². The number of amides is 6. The van der Waals surface area contributed by atoms with Gasteiger partial charge in [-0.25, -0.2) is 0 Å². The number of phenols is 1. The standard InChI is InChI=1S/C24H35N7O10/c1-11(32)20(24(41)28-10-19(36)37)31-23(40)16(9-18(27)35)30-22(39)15(8-12-2-4-13(33)5-3-12)29-21(38)14(25)6-7-17(26)34/h2-5,11,14-16,20,32-33H,6-10,25H2,1H3,(H2,26,34)(H2,27,35)(H,28,41)(H,29,38)(H,30,39)(H,31,40)(H,36,37)/t11-,14+,15+,16+,20+/m1/s1.